The molecule has 0 aromatic heterocycles. The van der Waals surface area contributed by atoms with Crippen LogP contribution in [0.25, 0.3) is 0 Å². The summed E-state index contributed by atoms with van der Waals surface area (Å²) in [5.41, 5.74) is 0.358. The average Bonchev–Trinajstić information content (AvgIpc) is 2.69. The van der Waals surface area contributed by atoms with Crippen LogP contribution >= 0.6 is 11.6 Å². The zero-order valence-electron chi connectivity index (χ0n) is 14.7. The number of hydrogen-bond donors (Lipinski definition) is 2. The fourth-order valence-electron chi connectivity index (χ4n) is 2.36. The summed E-state index contributed by atoms with van der Waals surface area (Å²) in [7, 11) is -7.98. The molecule has 0 unspecified atom stereocenters. The van der Waals surface area contributed by atoms with E-state index in [-0.39, 0.29) is 21.0 Å². The number of rotatable bonds is 6. The number of sulfonamides is 2. The SMILES string of the molecule is O=C(NS(=O)(=O)c1ccc(NS(=O)(=O)c2ccc(Cl)cc2)cc1)c1ccccc1. The van der Waals surface area contributed by atoms with Crippen LogP contribution in [0.3, 0.4) is 0 Å². The third-order valence-electron chi connectivity index (χ3n) is 3.80. The maximum atomic E-state index is 12.4. The van der Waals surface area contributed by atoms with E-state index in [0.717, 1.165) is 0 Å². The molecule has 0 bridgehead atoms. The first kappa shape index (κ1) is 20.8. The Labute approximate surface area is 173 Å². The van der Waals surface area contributed by atoms with Crippen molar-refractivity contribution in [2.45, 2.75) is 9.79 Å². The predicted molar refractivity (Wildman–Crippen MR) is 110 cm³/mol. The molecule has 29 heavy (non-hydrogen) atoms. The van der Waals surface area contributed by atoms with Gasteiger partial charge in [-0.15, -0.1) is 0 Å². The van der Waals surface area contributed by atoms with E-state index in [0.29, 0.717) is 5.02 Å². The molecule has 0 saturated heterocycles. The molecule has 7 nitrogen and oxygen atoms in total. The molecule has 0 atom stereocenters. The van der Waals surface area contributed by atoms with Crippen molar-refractivity contribution in [2.75, 3.05) is 4.72 Å². The zero-order valence-corrected chi connectivity index (χ0v) is 17.1. The molecule has 0 fully saturated rings. The lowest BCUT2D eigenvalue weighted by atomic mass is 10.2. The monoisotopic (exact) mass is 450 g/mol. The Morgan fingerprint density at radius 3 is 1.79 bits per heavy atom. The standard InChI is InChI=1S/C19H15ClN2O5S2/c20-15-6-10-17(11-7-15)28(24,25)21-16-8-12-18(13-9-16)29(26,27)22-19(23)14-4-2-1-3-5-14/h1-13,21H,(H,22,23). The highest BCUT2D eigenvalue weighted by molar-refractivity contribution is 7.92. The number of amides is 1. The number of nitrogens with one attached hydrogen (secondary N) is 2. The third-order valence-corrected chi connectivity index (χ3v) is 6.80. The Morgan fingerprint density at radius 2 is 1.21 bits per heavy atom. The summed E-state index contributed by atoms with van der Waals surface area (Å²) in [6.07, 6.45) is 0. The second kappa shape index (κ2) is 8.24. The van der Waals surface area contributed by atoms with Crippen molar-refractivity contribution in [3.63, 3.8) is 0 Å². The Kier molecular flexibility index (Phi) is 5.92. The van der Waals surface area contributed by atoms with E-state index in [1.165, 1.54) is 60.7 Å². The second-order valence-electron chi connectivity index (χ2n) is 5.88. The van der Waals surface area contributed by atoms with Gasteiger partial charge in [-0.3, -0.25) is 9.52 Å². The van der Waals surface area contributed by atoms with E-state index in [1.54, 1.807) is 18.2 Å². The Balaban J connectivity index is 1.75. The highest BCUT2D eigenvalue weighted by atomic mass is 35.5. The molecule has 0 spiro atoms. The smallest absolute Gasteiger partial charge is 0.264 e. The van der Waals surface area contributed by atoms with Gasteiger partial charge in [0, 0.05) is 16.3 Å². The van der Waals surface area contributed by atoms with Gasteiger partial charge in [0.05, 0.1) is 9.79 Å². The lowest BCUT2D eigenvalue weighted by Gasteiger charge is -2.10. The molecule has 150 valence electrons. The number of carbonyl (C=O) groups is 1. The highest BCUT2D eigenvalue weighted by Gasteiger charge is 2.19. The molecule has 0 aliphatic heterocycles. The molecular weight excluding hydrogens is 436 g/mol. The molecule has 0 heterocycles. The average molecular weight is 451 g/mol. The van der Waals surface area contributed by atoms with Crippen LogP contribution in [0.15, 0.2) is 88.7 Å². The van der Waals surface area contributed by atoms with Gasteiger partial charge in [-0.05, 0) is 60.7 Å². The van der Waals surface area contributed by atoms with Crippen molar-refractivity contribution in [1.29, 1.82) is 0 Å². The van der Waals surface area contributed by atoms with Gasteiger partial charge in [0.2, 0.25) is 0 Å². The van der Waals surface area contributed by atoms with Crippen molar-refractivity contribution in [2.24, 2.45) is 0 Å². The first-order valence-electron chi connectivity index (χ1n) is 8.18. The summed E-state index contributed by atoms with van der Waals surface area (Å²) >= 11 is 5.76. The topological polar surface area (TPSA) is 109 Å². The number of halogens is 1. The van der Waals surface area contributed by atoms with Crippen LogP contribution in [0, 0.1) is 0 Å². The summed E-state index contributed by atoms with van der Waals surface area (Å²) in [6.45, 7) is 0. The molecule has 0 aliphatic carbocycles. The van der Waals surface area contributed by atoms with Crippen LogP contribution < -0.4 is 9.44 Å². The zero-order chi connectivity index (χ0) is 21.1. The van der Waals surface area contributed by atoms with Gasteiger partial charge >= 0.3 is 0 Å². The summed E-state index contributed by atoms with van der Waals surface area (Å²) in [5.74, 6) is -0.766. The molecule has 3 aromatic rings. The largest absolute Gasteiger partial charge is 0.280 e. The van der Waals surface area contributed by atoms with Gasteiger partial charge in [0.25, 0.3) is 26.0 Å². The van der Waals surface area contributed by atoms with E-state index in [2.05, 4.69) is 4.72 Å². The van der Waals surface area contributed by atoms with E-state index in [1.807, 2.05) is 4.72 Å². The van der Waals surface area contributed by atoms with Crippen LogP contribution in [0.1, 0.15) is 10.4 Å². The minimum atomic E-state index is -4.12. The number of anilines is 1. The summed E-state index contributed by atoms with van der Waals surface area (Å²) in [5, 5.41) is 0.399. The fourth-order valence-corrected chi connectivity index (χ4v) is 4.52. The fraction of sp³-hybridized carbons (Fsp3) is 0. The number of benzene rings is 3. The van der Waals surface area contributed by atoms with Crippen molar-refractivity contribution in [3.05, 3.63) is 89.4 Å². The van der Waals surface area contributed by atoms with Crippen molar-refractivity contribution < 1.29 is 21.6 Å². The van der Waals surface area contributed by atoms with E-state index in [9.17, 15) is 21.6 Å². The molecule has 3 aromatic carbocycles. The molecule has 10 heteroatoms. The molecule has 1 amide bonds. The van der Waals surface area contributed by atoms with Gasteiger partial charge in [-0.1, -0.05) is 29.8 Å². The second-order valence-corrected chi connectivity index (χ2v) is 9.69. The maximum Gasteiger partial charge on any atom is 0.264 e. The molecule has 0 aliphatic rings. The normalized spacial score (nSPS) is 11.6. The van der Waals surface area contributed by atoms with Crippen LogP contribution in [0.5, 0.6) is 0 Å². The summed E-state index contributed by atoms with van der Waals surface area (Å²) in [6, 6.07) is 18.5. The Bertz CT molecular complexity index is 1230. The number of hydrogen-bond acceptors (Lipinski definition) is 5. The minimum Gasteiger partial charge on any atom is -0.280 e. The summed E-state index contributed by atoms with van der Waals surface area (Å²) in [4.78, 5) is 11.9. The van der Waals surface area contributed by atoms with Crippen LogP contribution in [-0.2, 0) is 20.0 Å². The first-order chi connectivity index (χ1) is 13.7. The molecule has 2 N–H and O–H groups in total. The molecule has 0 saturated carbocycles. The van der Waals surface area contributed by atoms with Crippen LogP contribution in [0.2, 0.25) is 5.02 Å². The predicted octanol–water partition coefficient (Wildman–Crippen LogP) is 3.26. The van der Waals surface area contributed by atoms with Gasteiger partial charge < -0.3 is 0 Å². The lowest BCUT2D eigenvalue weighted by molar-refractivity contribution is 0.0981. The Morgan fingerprint density at radius 1 is 0.690 bits per heavy atom. The van der Waals surface area contributed by atoms with Crippen LogP contribution in [0.4, 0.5) is 5.69 Å². The highest BCUT2D eigenvalue weighted by Crippen LogP contribution is 2.20. The molecular formula is C19H15ClN2O5S2. The molecule has 3 rings (SSSR count). The quantitative estimate of drug-likeness (QED) is 0.599. The van der Waals surface area contributed by atoms with Crippen molar-refractivity contribution >= 4 is 43.2 Å². The first-order valence-corrected chi connectivity index (χ1v) is 11.5. The Hall–Kier alpha value is -2.88. The van der Waals surface area contributed by atoms with Crippen molar-refractivity contribution in [1.82, 2.24) is 4.72 Å². The number of carbonyl (C=O) groups excluding carboxylic acids is 1. The van der Waals surface area contributed by atoms with Gasteiger partial charge in [-0.2, -0.15) is 0 Å². The van der Waals surface area contributed by atoms with E-state index < -0.39 is 26.0 Å². The van der Waals surface area contributed by atoms with Crippen LogP contribution in [-0.4, -0.2) is 22.7 Å². The minimum absolute atomic E-state index is 0.00808. The summed E-state index contributed by atoms with van der Waals surface area (Å²) < 4.78 is 53.8. The van der Waals surface area contributed by atoms with Gasteiger partial charge in [-0.25, -0.2) is 21.6 Å². The van der Waals surface area contributed by atoms with Gasteiger partial charge in [0.1, 0.15) is 0 Å². The third kappa shape index (κ3) is 5.14. The molecule has 0 radical (unpaired) electrons. The maximum absolute atomic E-state index is 12.4. The van der Waals surface area contributed by atoms with E-state index in [4.69, 9.17) is 11.6 Å². The van der Waals surface area contributed by atoms with Gasteiger partial charge in [0.15, 0.2) is 0 Å². The van der Waals surface area contributed by atoms with Crippen molar-refractivity contribution in [3.8, 4) is 0 Å². The lowest BCUT2D eigenvalue weighted by Crippen LogP contribution is -2.30. The van der Waals surface area contributed by atoms with E-state index >= 15 is 0 Å².